The summed E-state index contributed by atoms with van der Waals surface area (Å²) in [7, 11) is 1.65. The Morgan fingerprint density at radius 2 is 2.00 bits per heavy atom. The van der Waals surface area contributed by atoms with Gasteiger partial charge in [0.1, 0.15) is 0 Å². The van der Waals surface area contributed by atoms with E-state index in [2.05, 4.69) is 4.99 Å². The third-order valence-corrected chi connectivity index (χ3v) is 3.68. The number of amidine groups is 1. The largest absolute Gasteiger partial charge is 0.378 e. The van der Waals surface area contributed by atoms with E-state index in [1.807, 2.05) is 13.0 Å². The zero-order valence-corrected chi connectivity index (χ0v) is 12.9. The normalized spacial score (nSPS) is 11.1. The Kier molecular flexibility index (Phi) is 6.99. The van der Waals surface area contributed by atoms with Crippen LogP contribution in [0.15, 0.2) is 22.0 Å². The third kappa shape index (κ3) is 4.01. The molecule has 2 N–H and O–H groups in total. The van der Waals surface area contributed by atoms with E-state index in [9.17, 15) is 0 Å². The fourth-order valence-corrected chi connectivity index (χ4v) is 2.04. The van der Waals surface area contributed by atoms with Crippen LogP contribution in [-0.2, 0) is 0 Å². The summed E-state index contributed by atoms with van der Waals surface area (Å²) in [5.74, 6) is 0. The lowest BCUT2D eigenvalue weighted by atomic mass is 10.2. The number of hydrogen-bond acceptors (Lipinski definition) is 2. The maximum absolute atomic E-state index is 5.98. The fourth-order valence-electron chi connectivity index (χ4n) is 0.903. The summed E-state index contributed by atoms with van der Waals surface area (Å²) in [5.41, 5.74) is 6.53. The number of benzene rings is 1. The van der Waals surface area contributed by atoms with E-state index in [4.69, 9.17) is 28.9 Å². The zero-order chi connectivity index (χ0) is 10.7. The van der Waals surface area contributed by atoms with Gasteiger partial charge >= 0.3 is 0 Å². The van der Waals surface area contributed by atoms with Crippen LogP contribution in [0.1, 0.15) is 5.56 Å². The summed E-state index contributed by atoms with van der Waals surface area (Å²) in [6.07, 6.45) is 0. The van der Waals surface area contributed by atoms with Gasteiger partial charge in [0.2, 0.25) is 0 Å². The van der Waals surface area contributed by atoms with Gasteiger partial charge in [0.25, 0.3) is 0 Å². The molecule has 0 bridgehead atoms. The van der Waals surface area contributed by atoms with Crippen LogP contribution in [-0.4, -0.2) is 12.2 Å². The molecule has 0 spiro atoms. The number of thioether (sulfide) groups is 1. The minimum atomic E-state index is 0. The minimum Gasteiger partial charge on any atom is -0.378 e. The Bertz CT molecular complexity index is 383. The Balaban J connectivity index is 0.00000196. The molecule has 0 aliphatic heterocycles. The van der Waals surface area contributed by atoms with Gasteiger partial charge in [-0.25, -0.2) is 0 Å². The van der Waals surface area contributed by atoms with E-state index in [1.54, 1.807) is 13.1 Å². The van der Waals surface area contributed by atoms with Crippen LogP contribution >= 0.6 is 58.9 Å². The molecule has 0 amide bonds. The topological polar surface area (TPSA) is 38.4 Å². The molecule has 0 unspecified atom stereocenters. The molecule has 0 radical (unpaired) electrons. The first-order valence-corrected chi connectivity index (χ1v) is 5.48. The number of aliphatic imine (C=N–C) groups is 1. The molecular weight excluding hydrogens is 366 g/mol. The van der Waals surface area contributed by atoms with Gasteiger partial charge in [0, 0.05) is 11.9 Å². The quantitative estimate of drug-likeness (QED) is 0.348. The van der Waals surface area contributed by atoms with Crippen LogP contribution < -0.4 is 5.73 Å². The summed E-state index contributed by atoms with van der Waals surface area (Å²) in [6.45, 7) is 1.90. The summed E-state index contributed by atoms with van der Waals surface area (Å²) in [6, 6.07) is 3.63. The molecular formula is C9H11Cl2IN2S. The second kappa shape index (κ2) is 6.83. The number of rotatable bonds is 1. The van der Waals surface area contributed by atoms with Crippen LogP contribution in [0.3, 0.4) is 0 Å². The highest BCUT2D eigenvalue weighted by Crippen LogP contribution is 2.32. The lowest BCUT2D eigenvalue weighted by Gasteiger charge is -2.07. The predicted molar refractivity (Wildman–Crippen MR) is 80.0 cm³/mol. The average Bonchev–Trinajstić information content (AvgIpc) is 2.19. The van der Waals surface area contributed by atoms with Crippen LogP contribution in [0, 0.1) is 6.92 Å². The Morgan fingerprint density at radius 1 is 1.40 bits per heavy atom. The van der Waals surface area contributed by atoms with Crippen LogP contribution in [0.2, 0.25) is 10.0 Å². The lowest BCUT2D eigenvalue weighted by Crippen LogP contribution is -2.05. The highest BCUT2D eigenvalue weighted by Gasteiger charge is 2.08. The average molecular weight is 377 g/mol. The number of nitrogens with two attached hydrogens (primary N) is 1. The second-order valence-corrected chi connectivity index (χ2v) is 4.50. The van der Waals surface area contributed by atoms with Gasteiger partial charge in [-0.2, -0.15) is 0 Å². The molecule has 1 aromatic carbocycles. The van der Waals surface area contributed by atoms with Gasteiger partial charge in [-0.1, -0.05) is 35.0 Å². The van der Waals surface area contributed by atoms with Crippen molar-refractivity contribution < 1.29 is 0 Å². The predicted octanol–water partition coefficient (Wildman–Crippen LogP) is 3.96. The molecule has 0 aromatic heterocycles. The molecule has 0 heterocycles. The van der Waals surface area contributed by atoms with E-state index in [0.717, 1.165) is 10.5 Å². The molecule has 0 aliphatic rings. The Labute approximate surface area is 121 Å². The van der Waals surface area contributed by atoms with E-state index in [1.165, 1.54) is 11.8 Å². The smallest absolute Gasteiger partial charge is 0.158 e. The van der Waals surface area contributed by atoms with Crippen molar-refractivity contribution in [2.45, 2.75) is 11.8 Å². The number of nitrogens with zero attached hydrogens (tertiary/aromatic N) is 1. The molecule has 15 heavy (non-hydrogen) atoms. The molecule has 0 atom stereocenters. The molecule has 84 valence electrons. The number of halogens is 3. The van der Waals surface area contributed by atoms with Crippen molar-refractivity contribution in [2.24, 2.45) is 10.7 Å². The lowest BCUT2D eigenvalue weighted by molar-refractivity contribution is 1.31. The van der Waals surface area contributed by atoms with Crippen LogP contribution in [0.5, 0.6) is 0 Å². The van der Waals surface area contributed by atoms with E-state index in [0.29, 0.717) is 15.2 Å². The summed E-state index contributed by atoms with van der Waals surface area (Å²) in [5, 5.41) is 1.63. The fraction of sp³-hybridized carbons (Fsp3) is 0.222. The van der Waals surface area contributed by atoms with Gasteiger partial charge in [-0.3, -0.25) is 4.99 Å². The molecule has 0 aliphatic carbocycles. The van der Waals surface area contributed by atoms with Gasteiger partial charge < -0.3 is 5.73 Å². The first-order valence-electron chi connectivity index (χ1n) is 3.91. The van der Waals surface area contributed by atoms with E-state index in [-0.39, 0.29) is 24.0 Å². The van der Waals surface area contributed by atoms with Gasteiger partial charge in [0.05, 0.1) is 10.0 Å². The molecule has 0 saturated heterocycles. The molecule has 0 saturated carbocycles. The van der Waals surface area contributed by atoms with Crippen molar-refractivity contribution in [1.82, 2.24) is 0 Å². The SMILES string of the molecule is CN=C(N)Sc1ccc(Cl)c(Cl)c1C.I. The summed E-state index contributed by atoms with van der Waals surface area (Å²) < 4.78 is 0. The van der Waals surface area contributed by atoms with Crippen LogP contribution in [0.25, 0.3) is 0 Å². The van der Waals surface area contributed by atoms with Gasteiger partial charge in [-0.15, -0.1) is 24.0 Å². The molecule has 0 fully saturated rings. The van der Waals surface area contributed by atoms with Crippen LogP contribution in [0.4, 0.5) is 0 Å². The van der Waals surface area contributed by atoms with Gasteiger partial charge in [-0.05, 0) is 24.6 Å². The van der Waals surface area contributed by atoms with Crippen molar-refractivity contribution in [3.8, 4) is 0 Å². The van der Waals surface area contributed by atoms with Crippen molar-refractivity contribution in [3.63, 3.8) is 0 Å². The third-order valence-electron chi connectivity index (χ3n) is 1.72. The molecule has 2 nitrogen and oxygen atoms in total. The zero-order valence-electron chi connectivity index (χ0n) is 8.25. The highest BCUT2D eigenvalue weighted by atomic mass is 127. The standard InChI is InChI=1S/C9H10Cl2N2S.HI/c1-5-7(14-9(12)13-2)4-3-6(10)8(5)11;/h3-4H,1-2H3,(H2,12,13);1H. The minimum absolute atomic E-state index is 0. The molecule has 1 aromatic rings. The first-order chi connectivity index (χ1) is 6.56. The van der Waals surface area contributed by atoms with E-state index >= 15 is 0 Å². The second-order valence-electron chi connectivity index (χ2n) is 2.65. The monoisotopic (exact) mass is 376 g/mol. The Hall–Kier alpha value is 0.350. The van der Waals surface area contributed by atoms with E-state index < -0.39 is 0 Å². The highest BCUT2D eigenvalue weighted by molar-refractivity contribution is 14.0. The Morgan fingerprint density at radius 3 is 2.53 bits per heavy atom. The first kappa shape index (κ1) is 15.3. The van der Waals surface area contributed by atoms with Crippen molar-refractivity contribution >= 4 is 64.1 Å². The van der Waals surface area contributed by atoms with Crippen molar-refractivity contribution in [2.75, 3.05) is 7.05 Å². The van der Waals surface area contributed by atoms with Crippen molar-refractivity contribution in [1.29, 1.82) is 0 Å². The maximum Gasteiger partial charge on any atom is 0.158 e. The maximum atomic E-state index is 5.98. The number of hydrogen-bond donors (Lipinski definition) is 1. The molecule has 1 rings (SSSR count). The van der Waals surface area contributed by atoms with Crippen molar-refractivity contribution in [3.05, 3.63) is 27.7 Å². The summed E-state index contributed by atoms with van der Waals surface area (Å²) in [4.78, 5) is 4.83. The molecule has 6 heteroatoms. The summed E-state index contributed by atoms with van der Waals surface area (Å²) >= 11 is 13.2. The van der Waals surface area contributed by atoms with Gasteiger partial charge in [0.15, 0.2) is 5.17 Å².